The standard InChI is InChI=1S/C15H22ClN3O3/c1-15(2,3)22-14(20)19-8-4-5-12(19)10-21-9-11-6-7-17-13(16)18-11/h6-7,12H,4-5,8-10H2,1-3H3/t12-/m0/s1. The van der Waals surface area contributed by atoms with Crippen molar-refractivity contribution in [1.29, 1.82) is 0 Å². The molecule has 1 aromatic rings. The molecule has 0 unspecified atom stereocenters. The van der Waals surface area contributed by atoms with Gasteiger partial charge < -0.3 is 14.4 Å². The van der Waals surface area contributed by atoms with E-state index in [0.29, 0.717) is 19.8 Å². The van der Waals surface area contributed by atoms with Crippen LogP contribution in [0.15, 0.2) is 12.3 Å². The van der Waals surface area contributed by atoms with Crippen molar-refractivity contribution in [3.05, 3.63) is 23.2 Å². The number of hydrogen-bond donors (Lipinski definition) is 0. The highest BCUT2D eigenvalue weighted by atomic mass is 35.5. The lowest BCUT2D eigenvalue weighted by molar-refractivity contribution is 0.00856. The summed E-state index contributed by atoms with van der Waals surface area (Å²) in [6.07, 6.45) is 3.20. The fraction of sp³-hybridized carbons (Fsp3) is 0.667. The normalized spacial score (nSPS) is 18.5. The number of hydrogen-bond acceptors (Lipinski definition) is 5. The highest BCUT2D eigenvalue weighted by molar-refractivity contribution is 6.28. The van der Waals surface area contributed by atoms with E-state index in [-0.39, 0.29) is 17.4 Å². The number of carbonyl (C=O) groups is 1. The number of rotatable bonds is 4. The van der Waals surface area contributed by atoms with Crippen LogP contribution in [0.5, 0.6) is 0 Å². The van der Waals surface area contributed by atoms with Crippen molar-refractivity contribution in [1.82, 2.24) is 14.9 Å². The van der Waals surface area contributed by atoms with E-state index in [4.69, 9.17) is 21.1 Å². The molecule has 1 atom stereocenters. The van der Waals surface area contributed by atoms with Crippen molar-refractivity contribution in [2.75, 3.05) is 13.2 Å². The average molecular weight is 328 g/mol. The van der Waals surface area contributed by atoms with Gasteiger partial charge in [0.1, 0.15) is 5.60 Å². The zero-order valence-electron chi connectivity index (χ0n) is 13.2. The van der Waals surface area contributed by atoms with E-state index < -0.39 is 5.60 Å². The van der Waals surface area contributed by atoms with Crippen molar-refractivity contribution in [3.63, 3.8) is 0 Å². The van der Waals surface area contributed by atoms with Crippen LogP contribution in [0.1, 0.15) is 39.3 Å². The molecule has 1 amide bonds. The molecular weight excluding hydrogens is 306 g/mol. The molecule has 1 aliphatic rings. The maximum absolute atomic E-state index is 12.2. The summed E-state index contributed by atoms with van der Waals surface area (Å²) >= 11 is 5.73. The van der Waals surface area contributed by atoms with Gasteiger partial charge in [-0.25, -0.2) is 14.8 Å². The Labute approximate surface area is 135 Å². The second-order valence-electron chi connectivity index (χ2n) is 6.30. The Balaban J connectivity index is 1.82. The third-order valence-corrected chi connectivity index (χ3v) is 3.43. The summed E-state index contributed by atoms with van der Waals surface area (Å²) in [6, 6.07) is 1.80. The Bertz CT molecular complexity index is 519. The van der Waals surface area contributed by atoms with Gasteiger partial charge in [-0.2, -0.15) is 0 Å². The number of ether oxygens (including phenoxy) is 2. The van der Waals surface area contributed by atoms with Crippen LogP contribution < -0.4 is 0 Å². The molecule has 2 heterocycles. The third-order valence-electron chi connectivity index (χ3n) is 3.25. The van der Waals surface area contributed by atoms with Gasteiger partial charge in [-0.15, -0.1) is 0 Å². The lowest BCUT2D eigenvalue weighted by Crippen LogP contribution is -2.41. The molecule has 0 N–H and O–H groups in total. The van der Waals surface area contributed by atoms with Crippen molar-refractivity contribution >= 4 is 17.7 Å². The first-order valence-electron chi connectivity index (χ1n) is 7.40. The molecule has 0 aliphatic carbocycles. The maximum Gasteiger partial charge on any atom is 0.410 e. The topological polar surface area (TPSA) is 64.5 Å². The summed E-state index contributed by atoms with van der Waals surface area (Å²) in [4.78, 5) is 21.8. The van der Waals surface area contributed by atoms with Crippen LogP contribution in [0.2, 0.25) is 5.28 Å². The Morgan fingerprint density at radius 1 is 1.50 bits per heavy atom. The van der Waals surface area contributed by atoms with E-state index >= 15 is 0 Å². The Morgan fingerprint density at radius 2 is 2.27 bits per heavy atom. The van der Waals surface area contributed by atoms with Gasteiger partial charge in [-0.05, 0) is 51.3 Å². The smallest absolute Gasteiger partial charge is 0.410 e. The number of halogens is 1. The molecule has 2 rings (SSSR count). The van der Waals surface area contributed by atoms with E-state index in [2.05, 4.69) is 9.97 Å². The number of amides is 1. The molecule has 0 radical (unpaired) electrons. The minimum atomic E-state index is -0.483. The molecule has 1 aromatic heterocycles. The van der Waals surface area contributed by atoms with E-state index in [0.717, 1.165) is 18.5 Å². The predicted molar refractivity (Wildman–Crippen MR) is 82.7 cm³/mol. The highest BCUT2D eigenvalue weighted by Crippen LogP contribution is 2.21. The summed E-state index contributed by atoms with van der Waals surface area (Å²) in [5.74, 6) is 0. The lowest BCUT2D eigenvalue weighted by atomic mass is 10.2. The molecule has 122 valence electrons. The molecular formula is C15H22ClN3O3. The van der Waals surface area contributed by atoms with Crippen LogP contribution in [0.25, 0.3) is 0 Å². The van der Waals surface area contributed by atoms with Gasteiger partial charge in [-0.3, -0.25) is 0 Å². The molecule has 22 heavy (non-hydrogen) atoms. The van der Waals surface area contributed by atoms with Gasteiger partial charge in [0.2, 0.25) is 5.28 Å². The van der Waals surface area contributed by atoms with Crippen molar-refractivity contribution in [3.8, 4) is 0 Å². The summed E-state index contributed by atoms with van der Waals surface area (Å²) < 4.78 is 11.1. The van der Waals surface area contributed by atoms with Crippen LogP contribution in [0, 0.1) is 0 Å². The third kappa shape index (κ3) is 5.10. The average Bonchev–Trinajstić information content (AvgIpc) is 2.85. The molecule has 1 fully saturated rings. The van der Waals surface area contributed by atoms with Crippen LogP contribution in [-0.4, -0.2) is 45.8 Å². The number of likely N-dealkylation sites (tertiary alicyclic amines) is 1. The van der Waals surface area contributed by atoms with Gasteiger partial charge in [0.05, 0.1) is 24.9 Å². The van der Waals surface area contributed by atoms with Crippen molar-refractivity contribution in [2.24, 2.45) is 0 Å². The van der Waals surface area contributed by atoms with Gasteiger partial charge in [0.15, 0.2) is 0 Å². The molecule has 0 spiro atoms. The number of carbonyl (C=O) groups excluding carboxylic acids is 1. The summed E-state index contributed by atoms with van der Waals surface area (Å²) in [7, 11) is 0. The largest absolute Gasteiger partial charge is 0.444 e. The molecule has 1 saturated heterocycles. The first kappa shape index (κ1) is 17.0. The number of aromatic nitrogens is 2. The molecule has 0 aromatic carbocycles. The van der Waals surface area contributed by atoms with E-state index in [9.17, 15) is 4.79 Å². The van der Waals surface area contributed by atoms with E-state index in [1.807, 2.05) is 20.8 Å². The fourth-order valence-electron chi connectivity index (χ4n) is 2.32. The monoisotopic (exact) mass is 327 g/mol. The predicted octanol–water partition coefficient (Wildman–Crippen LogP) is 3.05. The van der Waals surface area contributed by atoms with Crippen LogP contribution in [-0.2, 0) is 16.1 Å². The molecule has 0 bridgehead atoms. The van der Waals surface area contributed by atoms with Crippen LogP contribution in [0.4, 0.5) is 4.79 Å². The summed E-state index contributed by atoms with van der Waals surface area (Å²) in [5, 5.41) is 0.206. The second-order valence-corrected chi connectivity index (χ2v) is 6.64. The summed E-state index contributed by atoms with van der Waals surface area (Å²) in [5.41, 5.74) is 0.241. The minimum Gasteiger partial charge on any atom is -0.444 e. The number of nitrogens with zero attached hydrogens (tertiary/aromatic N) is 3. The van der Waals surface area contributed by atoms with E-state index in [1.165, 1.54) is 0 Å². The van der Waals surface area contributed by atoms with Crippen LogP contribution >= 0.6 is 11.6 Å². The molecule has 1 aliphatic heterocycles. The fourth-order valence-corrected chi connectivity index (χ4v) is 2.48. The Kier molecular flexibility index (Phi) is 5.58. The van der Waals surface area contributed by atoms with Gasteiger partial charge in [0, 0.05) is 12.7 Å². The first-order chi connectivity index (χ1) is 10.3. The van der Waals surface area contributed by atoms with Gasteiger partial charge in [0.25, 0.3) is 0 Å². The summed E-state index contributed by atoms with van der Waals surface area (Å²) in [6.45, 7) is 7.12. The van der Waals surface area contributed by atoms with Crippen LogP contribution in [0.3, 0.4) is 0 Å². The molecule has 0 saturated carbocycles. The van der Waals surface area contributed by atoms with Gasteiger partial charge >= 0.3 is 6.09 Å². The second kappa shape index (κ2) is 7.24. The first-order valence-corrected chi connectivity index (χ1v) is 7.78. The SMILES string of the molecule is CC(C)(C)OC(=O)N1CCC[C@H]1COCc1ccnc(Cl)n1. The Morgan fingerprint density at radius 3 is 2.95 bits per heavy atom. The Hall–Kier alpha value is -1.40. The van der Waals surface area contributed by atoms with Crippen molar-refractivity contribution in [2.45, 2.75) is 51.9 Å². The minimum absolute atomic E-state index is 0.0483. The zero-order valence-corrected chi connectivity index (χ0v) is 14.0. The zero-order chi connectivity index (χ0) is 16.2. The lowest BCUT2D eigenvalue weighted by Gasteiger charge is -2.28. The maximum atomic E-state index is 12.2. The van der Waals surface area contributed by atoms with Crippen molar-refractivity contribution < 1.29 is 14.3 Å². The van der Waals surface area contributed by atoms with Gasteiger partial charge in [-0.1, -0.05) is 0 Å². The highest BCUT2D eigenvalue weighted by Gasteiger charge is 2.32. The van der Waals surface area contributed by atoms with E-state index in [1.54, 1.807) is 17.2 Å². The quantitative estimate of drug-likeness (QED) is 0.795. The molecule has 6 nitrogen and oxygen atoms in total. The molecule has 7 heteroatoms.